The monoisotopic (exact) mass is 306 g/mol. The number of methoxy groups -OCH3 is 2. The Bertz CT molecular complexity index is 684. The van der Waals surface area contributed by atoms with Gasteiger partial charge in [0.15, 0.2) is 11.5 Å². The van der Waals surface area contributed by atoms with Crippen LogP contribution in [-0.4, -0.2) is 36.8 Å². The number of carbonyl (C=O) groups is 1. The molecule has 0 radical (unpaired) electrons. The van der Waals surface area contributed by atoms with Crippen molar-refractivity contribution < 1.29 is 18.9 Å². The van der Waals surface area contributed by atoms with Crippen molar-refractivity contribution in [2.24, 2.45) is 5.10 Å². The Labute approximate surface area is 125 Å². The number of urea groups is 1. The molecule has 1 aromatic heterocycles. The maximum Gasteiger partial charge on any atom is 0.340 e. The normalized spacial score (nSPS) is 10.5. The number of ether oxygens (including phenoxy) is 2. The summed E-state index contributed by atoms with van der Waals surface area (Å²) in [4.78, 5) is 11.5. The van der Waals surface area contributed by atoms with Gasteiger partial charge in [0, 0.05) is 0 Å². The molecule has 10 nitrogen and oxygen atoms in total. The van der Waals surface area contributed by atoms with E-state index in [0.717, 1.165) is 0 Å². The summed E-state index contributed by atoms with van der Waals surface area (Å²) in [6.07, 6.45) is 1.44. The number of nitrogens with one attached hydrogen (secondary N) is 2. The van der Waals surface area contributed by atoms with E-state index < -0.39 is 6.03 Å². The summed E-state index contributed by atoms with van der Waals surface area (Å²) in [6.45, 7) is 0. The molecule has 0 unspecified atom stereocenters. The molecule has 2 amide bonds. The number of nitrogens with two attached hydrogens (primary N) is 1. The van der Waals surface area contributed by atoms with Crippen LogP contribution in [-0.2, 0) is 0 Å². The van der Waals surface area contributed by atoms with E-state index in [1.807, 2.05) is 0 Å². The van der Waals surface area contributed by atoms with Gasteiger partial charge in [0.05, 0.1) is 20.4 Å². The van der Waals surface area contributed by atoms with Crippen molar-refractivity contribution >= 4 is 23.9 Å². The van der Waals surface area contributed by atoms with Gasteiger partial charge in [-0.15, -0.1) is 0 Å². The first kappa shape index (κ1) is 15.1. The predicted octanol–water partition coefficient (Wildman–Crippen LogP) is 0.825. The lowest BCUT2D eigenvalue weighted by atomic mass is 10.2. The van der Waals surface area contributed by atoms with Crippen molar-refractivity contribution in [3.63, 3.8) is 0 Å². The third-order valence-electron chi connectivity index (χ3n) is 2.53. The molecule has 10 heteroatoms. The number of benzene rings is 1. The molecule has 0 aliphatic rings. The Kier molecular flexibility index (Phi) is 4.75. The summed E-state index contributed by atoms with van der Waals surface area (Å²) in [6, 6.07) is 4.55. The van der Waals surface area contributed by atoms with Crippen LogP contribution in [0.25, 0.3) is 0 Å². The van der Waals surface area contributed by atoms with E-state index in [4.69, 9.17) is 15.2 Å². The number of carbonyl (C=O) groups excluding carboxylic acids is 1. The van der Waals surface area contributed by atoms with E-state index in [9.17, 15) is 4.79 Å². The highest BCUT2D eigenvalue weighted by atomic mass is 16.6. The summed E-state index contributed by atoms with van der Waals surface area (Å²) in [5.41, 5.74) is 8.35. The number of amides is 2. The smallest absolute Gasteiger partial charge is 0.340 e. The van der Waals surface area contributed by atoms with Crippen molar-refractivity contribution in [2.45, 2.75) is 0 Å². The van der Waals surface area contributed by atoms with E-state index >= 15 is 0 Å². The summed E-state index contributed by atoms with van der Waals surface area (Å²) < 4.78 is 14.6. The molecule has 22 heavy (non-hydrogen) atoms. The third kappa shape index (κ3) is 3.62. The lowest BCUT2D eigenvalue weighted by Gasteiger charge is -2.07. The van der Waals surface area contributed by atoms with Gasteiger partial charge in [0.1, 0.15) is 0 Å². The lowest BCUT2D eigenvalue weighted by molar-refractivity contribution is 0.252. The highest BCUT2D eigenvalue weighted by molar-refractivity contribution is 5.91. The Balaban J connectivity index is 1.94. The zero-order valence-corrected chi connectivity index (χ0v) is 11.9. The van der Waals surface area contributed by atoms with Crippen molar-refractivity contribution in [1.82, 2.24) is 15.7 Å². The van der Waals surface area contributed by atoms with Gasteiger partial charge in [-0.1, -0.05) is 0 Å². The Morgan fingerprint density at radius 1 is 1.32 bits per heavy atom. The first-order chi connectivity index (χ1) is 10.6. The number of anilines is 2. The van der Waals surface area contributed by atoms with Crippen LogP contribution in [0.2, 0.25) is 0 Å². The molecule has 0 fully saturated rings. The highest BCUT2D eigenvalue weighted by Gasteiger charge is 2.09. The molecule has 0 saturated carbocycles. The van der Waals surface area contributed by atoms with Gasteiger partial charge in [-0.3, -0.25) is 5.32 Å². The van der Waals surface area contributed by atoms with Crippen LogP contribution in [0.1, 0.15) is 5.56 Å². The van der Waals surface area contributed by atoms with Crippen LogP contribution in [0.15, 0.2) is 27.9 Å². The maximum absolute atomic E-state index is 11.5. The number of nitrogens with zero attached hydrogens (tertiary/aromatic N) is 3. The fraction of sp³-hybridized carbons (Fsp3) is 0.167. The molecular weight excluding hydrogens is 292 g/mol. The summed E-state index contributed by atoms with van der Waals surface area (Å²) in [5.74, 6) is 1.13. The van der Waals surface area contributed by atoms with Crippen LogP contribution in [0.4, 0.5) is 16.4 Å². The van der Waals surface area contributed by atoms with Gasteiger partial charge in [0.25, 0.3) is 0 Å². The molecular formula is C12H14N6O4. The van der Waals surface area contributed by atoms with Gasteiger partial charge in [-0.2, -0.15) is 5.10 Å². The average Bonchev–Trinajstić information content (AvgIpc) is 2.92. The van der Waals surface area contributed by atoms with Crippen LogP contribution >= 0.6 is 0 Å². The lowest BCUT2D eigenvalue weighted by Crippen LogP contribution is -2.24. The molecule has 116 valence electrons. The van der Waals surface area contributed by atoms with Crippen molar-refractivity contribution in [3.8, 4) is 11.5 Å². The number of nitrogen functional groups attached to an aromatic ring is 1. The third-order valence-corrected chi connectivity index (χ3v) is 2.53. The molecule has 0 spiro atoms. The van der Waals surface area contributed by atoms with Gasteiger partial charge in [-0.05, 0) is 34.1 Å². The molecule has 0 bridgehead atoms. The summed E-state index contributed by atoms with van der Waals surface area (Å²) >= 11 is 0. The minimum atomic E-state index is -0.640. The molecule has 0 aliphatic heterocycles. The van der Waals surface area contributed by atoms with E-state index in [0.29, 0.717) is 17.1 Å². The van der Waals surface area contributed by atoms with Crippen molar-refractivity contribution in [2.75, 3.05) is 25.3 Å². The van der Waals surface area contributed by atoms with Crippen molar-refractivity contribution in [1.29, 1.82) is 0 Å². The molecule has 1 heterocycles. The van der Waals surface area contributed by atoms with E-state index in [1.165, 1.54) is 13.3 Å². The van der Waals surface area contributed by atoms with E-state index in [1.54, 1.807) is 25.3 Å². The van der Waals surface area contributed by atoms with Crippen molar-refractivity contribution in [3.05, 3.63) is 23.8 Å². The zero-order chi connectivity index (χ0) is 15.9. The standard InChI is InChI=1S/C12H14N6O4/c1-20-8-4-3-7(5-9(8)21-2)6-14-16-12(19)15-11-10(13)17-22-18-11/h3-6H,1-2H3,(H2,13,17)(H2,15,16,18,19). The zero-order valence-electron chi connectivity index (χ0n) is 11.9. The first-order valence-electron chi connectivity index (χ1n) is 6.04. The largest absolute Gasteiger partial charge is 0.493 e. The topological polar surface area (TPSA) is 137 Å². The fourth-order valence-electron chi connectivity index (χ4n) is 1.52. The van der Waals surface area contributed by atoms with E-state index in [-0.39, 0.29) is 11.6 Å². The number of hydrogen-bond acceptors (Lipinski definition) is 8. The molecule has 0 saturated heterocycles. The Morgan fingerprint density at radius 2 is 2.09 bits per heavy atom. The van der Waals surface area contributed by atoms with Gasteiger partial charge < -0.3 is 15.2 Å². The number of rotatable bonds is 5. The molecule has 0 aliphatic carbocycles. The highest BCUT2D eigenvalue weighted by Crippen LogP contribution is 2.26. The van der Waals surface area contributed by atoms with Crippen LogP contribution in [0.5, 0.6) is 11.5 Å². The molecule has 2 rings (SSSR count). The average molecular weight is 306 g/mol. The number of hydrazone groups is 1. The molecule has 1 aromatic carbocycles. The van der Waals surface area contributed by atoms with Crippen LogP contribution in [0.3, 0.4) is 0 Å². The second kappa shape index (κ2) is 6.92. The quantitative estimate of drug-likeness (QED) is 0.549. The second-order valence-electron chi connectivity index (χ2n) is 3.94. The van der Waals surface area contributed by atoms with E-state index in [2.05, 4.69) is 30.8 Å². The maximum atomic E-state index is 11.5. The van der Waals surface area contributed by atoms with Gasteiger partial charge >= 0.3 is 6.03 Å². The minimum absolute atomic E-state index is 0.0128. The SMILES string of the molecule is COc1ccc(C=NNC(=O)Nc2nonc2N)cc1OC. The number of aromatic nitrogens is 2. The summed E-state index contributed by atoms with van der Waals surface area (Å²) in [5, 5.41) is 12.8. The predicted molar refractivity (Wildman–Crippen MR) is 78.0 cm³/mol. The molecule has 2 aromatic rings. The molecule has 4 N–H and O–H groups in total. The minimum Gasteiger partial charge on any atom is -0.493 e. The summed E-state index contributed by atoms with van der Waals surface area (Å²) in [7, 11) is 3.07. The Hall–Kier alpha value is -3.30. The van der Waals surface area contributed by atoms with Gasteiger partial charge in [-0.25, -0.2) is 14.8 Å². The second-order valence-corrected chi connectivity index (χ2v) is 3.94. The van der Waals surface area contributed by atoms with Gasteiger partial charge in [0.2, 0.25) is 11.6 Å². The first-order valence-corrected chi connectivity index (χ1v) is 6.04. The number of hydrogen-bond donors (Lipinski definition) is 3. The fourth-order valence-corrected chi connectivity index (χ4v) is 1.52. The molecule has 0 atom stereocenters. The van der Waals surface area contributed by atoms with Crippen LogP contribution < -0.4 is 25.9 Å². The Morgan fingerprint density at radius 3 is 2.73 bits per heavy atom. The van der Waals surface area contributed by atoms with Crippen LogP contribution in [0, 0.1) is 0 Å².